The Balaban J connectivity index is 1.54. The first-order valence-electron chi connectivity index (χ1n) is 11.1. The van der Waals surface area contributed by atoms with Crippen LogP contribution in [0.4, 0.5) is 0 Å². The van der Waals surface area contributed by atoms with Crippen molar-refractivity contribution < 1.29 is 22.7 Å². The van der Waals surface area contributed by atoms with Gasteiger partial charge in [0.15, 0.2) is 26.5 Å². The van der Waals surface area contributed by atoms with E-state index in [-0.39, 0.29) is 22.3 Å². The van der Waals surface area contributed by atoms with Crippen LogP contribution in [0.1, 0.15) is 23.9 Å². The molecule has 0 spiro atoms. The van der Waals surface area contributed by atoms with Gasteiger partial charge in [0.2, 0.25) is 5.91 Å². The number of amides is 1. The summed E-state index contributed by atoms with van der Waals surface area (Å²) >= 11 is 1.23. The Morgan fingerprint density at radius 3 is 2.43 bits per heavy atom. The first kappa shape index (κ1) is 26.6. The minimum absolute atomic E-state index is 0.144. The second-order valence-corrected chi connectivity index (χ2v) is 10.7. The zero-order chi connectivity index (χ0) is 25.4. The van der Waals surface area contributed by atoms with Crippen molar-refractivity contribution in [3.63, 3.8) is 0 Å². The maximum atomic E-state index is 12.8. The molecule has 35 heavy (non-hydrogen) atoms. The van der Waals surface area contributed by atoms with Gasteiger partial charge in [-0.1, -0.05) is 35.5 Å². The second kappa shape index (κ2) is 12.1. The van der Waals surface area contributed by atoms with Crippen LogP contribution >= 0.6 is 11.8 Å². The van der Waals surface area contributed by atoms with Crippen molar-refractivity contribution in [3.05, 3.63) is 59.4 Å². The molecule has 1 heterocycles. The Morgan fingerprint density at radius 1 is 1.06 bits per heavy atom. The van der Waals surface area contributed by atoms with Crippen LogP contribution in [0.15, 0.2) is 52.5 Å². The summed E-state index contributed by atoms with van der Waals surface area (Å²) in [5.74, 6) is 1.40. The van der Waals surface area contributed by atoms with Crippen molar-refractivity contribution in [2.75, 3.05) is 26.5 Å². The molecule has 1 amide bonds. The summed E-state index contributed by atoms with van der Waals surface area (Å²) in [7, 11) is -0.391. The first-order chi connectivity index (χ1) is 16.8. The van der Waals surface area contributed by atoms with Crippen molar-refractivity contribution in [2.45, 2.75) is 42.6 Å². The number of nitrogens with one attached hydrogen (secondary N) is 1. The molecule has 11 heteroatoms. The molecule has 0 atom stereocenters. The third-order valence-electron chi connectivity index (χ3n) is 5.33. The molecular formula is C24H30N4O5S2. The zero-order valence-electron chi connectivity index (χ0n) is 20.3. The number of sulfone groups is 1. The summed E-state index contributed by atoms with van der Waals surface area (Å²) in [4.78, 5) is 12.6. The number of benzene rings is 2. The van der Waals surface area contributed by atoms with Gasteiger partial charge in [0.25, 0.3) is 0 Å². The molecule has 0 unspecified atom stereocenters. The van der Waals surface area contributed by atoms with E-state index in [0.717, 1.165) is 11.1 Å². The van der Waals surface area contributed by atoms with Crippen molar-refractivity contribution in [2.24, 2.45) is 0 Å². The average molecular weight is 519 g/mol. The molecule has 3 aromatic rings. The van der Waals surface area contributed by atoms with Gasteiger partial charge in [0.05, 0.1) is 24.9 Å². The molecule has 3 rings (SSSR count). The van der Waals surface area contributed by atoms with Gasteiger partial charge in [-0.05, 0) is 50.1 Å². The molecule has 0 aliphatic rings. The highest BCUT2D eigenvalue weighted by molar-refractivity contribution is 7.99. The van der Waals surface area contributed by atoms with Crippen LogP contribution in [0.3, 0.4) is 0 Å². The standard InChI is InChI=1S/C24H30N4O5S2/c1-5-28-22(16-35(30,31)19-9-6-17(2)7-10-19)26-27-24(28)34-15-23(29)25-13-12-18-8-11-20(32-3)21(14-18)33-4/h6-11,14H,5,12-13,15-16H2,1-4H3,(H,25,29). The largest absolute Gasteiger partial charge is 0.493 e. The molecule has 1 N–H and O–H groups in total. The van der Waals surface area contributed by atoms with Crippen LogP contribution in [0.25, 0.3) is 0 Å². The van der Waals surface area contributed by atoms with Crippen LogP contribution in [0.5, 0.6) is 11.5 Å². The van der Waals surface area contributed by atoms with E-state index in [9.17, 15) is 13.2 Å². The number of rotatable bonds is 12. The quantitative estimate of drug-likeness (QED) is 0.364. The summed E-state index contributed by atoms with van der Waals surface area (Å²) in [6.07, 6.45) is 0.642. The van der Waals surface area contributed by atoms with Gasteiger partial charge in [-0.3, -0.25) is 4.79 Å². The van der Waals surface area contributed by atoms with Crippen LogP contribution < -0.4 is 14.8 Å². The summed E-state index contributed by atoms with van der Waals surface area (Å²) in [5, 5.41) is 11.6. The molecule has 0 aliphatic carbocycles. The summed E-state index contributed by atoms with van der Waals surface area (Å²) in [5.41, 5.74) is 2.00. The Hall–Kier alpha value is -3.05. The van der Waals surface area contributed by atoms with E-state index in [0.29, 0.717) is 42.0 Å². The van der Waals surface area contributed by atoms with Gasteiger partial charge in [0.1, 0.15) is 11.6 Å². The fraction of sp³-hybridized carbons (Fsp3) is 0.375. The maximum Gasteiger partial charge on any atom is 0.230 e. The summed E-state index contributed by atoms with van der Waals surface area (Å²) in [6.45, 7) is 4.75. The molecule has 0 bridgehead atoms. The smallest absolute Gasteiger partial charge is 0.230 e. The average Bonchev–Trinajstić information content (AvgIpc) is 3.23. The third kappa shape index (κ3) is 6.98. The van der Waals surface area contributed by atoms with Gasteiger partial charge >= 0.3 is 0 Å². The number of carbonyl (C=O) groups is 1. The molecule has 9 nitrogen and oxygen atoms in total. The first-order valence-corrected chi connectivity index (χ1v) is 13.7. The minimum atomic E-state index is -3.56. The second-order valence-electron chi connectivity index (χ2n) is 7.79. The predicted octanol–water partition coefficient (Wildman–Crippen LogP) is 3.05. The van der Waals surface area contributed by atoms with E-state index in [1.54, 1.807) is 43.1 Å². The Morgan fingerprint density at radius 2 is 1.77 bits per heavy atom. The maximum absolute atomic E-state index is 12.8. The fourth-order valence-corrected chi connectivity index (χ4v) is 5.53. The molecule has 188 valence electrons. The monoisotopic (exact) mass is 518 g/mol. The van der Waals surface area contributed by atoms with Gasteiger partial charge in [-0.25, -0.2) is 8.42 Å². The van der Waals surface area contributed by atoms with Crippen LogP contribution in [0.2, 0.25) is 0 Å². The number of ether oxygens (including phenoxy) is 2. The normalized spacial score (nSPS) is 11.3. The topological polar surface area (TPSA) is 112 Å². The molecule has 0 fully saturated rings. The van der Waals surface area contributed by atoms with E-state index < -0.39 is 9.84 Å². The number of methoxy groups -OCH3 is 2. The van der Waals surface area contributed by atoms with Crippen molar-refractivity contribution >= 4 is 27.5 Å². The Bertz CT molecular complexity index is 1260. The number of aryl methyl sites for hydroxylation is 1. The van der Waals surface area contributed by atoms with Crippen molar-refractivity contribution in [3.8, 4) is 11.5 Å². The van der Waals surface area contributed by atoms with Crippen LogP contribution in [-0.4, -0.2) is 55.6 Å². The van der Waals surface area contributed by atoms with Gasteiger partial charge in [0, 0.05) is 13.1 Å². The molecular weight excluding hydrogens is 488 g/mol. The number of hydrogen-bond donors (Lipinski definition) is 1. The van der Waals surface area contributed by atoms with Gasteiger partial charge < -0.3 is 19.4 Å². The van der Waals surface area contributed by atoms with Gasteiger partial charge in [-0.2, -0.15) is 0 Å². The fourth-order valence-electron chi connectivity index (χ4n) is 3.41. The highest BCUT2D eigenvalue weighted by Gasteiger charge is 2.21. The Kier molecular flexibility index (Phi) is 9.16. The van der Waals surface area contributed by atoms with Crippen molar-refractivity contribution in [1.29, 1.82) is 0 Å². The highest BCUT2D eigenvalue weighted by atomic mass is 32.2. The molecule has 2 aromatic carbocycles. The van der Waals surface area contributed by atoms with E-state index in [1.165, 1.54) is 11.8 Å². The lowest BCUT2D eigenvalue weighted by atomic mass is 10.1. The van der Waals surface area contributed by atoms with Gasteiger partial charge in [-0.15, -0.1) is 10.2 Å². The number of hydrogen-bond acceptors (Lipinski definition) is 8. The van der Waals surface area contributed by atoms with Crippen LogP contribution in [-0.2, 0) is 33.4 Å². The predicted molar refractivity (Wildman–Crippen MR) is 135 cm³/mol. The van der Waals surface area contributed by atoms with Crippen molar-refractivity contribution in [1.82, 2.24) is 20.1 Å². The lowest BCUT2D eigenvalue weighted by molar-refractivity contribution is -0.118. The number of aromatic nitrogens is 3. The molecule has 0 aliphatic heterocycles. The molecule has 0 saturated heterocycles. The Labute approximate surface area is 210 Å². The number of nitrogens with zero attached hydrogens (tertiary/aromatic N) is 3. The lowest BCUT2D eigenvalue weighted by Crippen LogP contribution is -2.27. The van der Waals surface area contributed by atoms with E-state index in [1.807, 2.05) is 32.0 Å². The summed E-state index contributed by atoms with van der Waals surface area (Å²) in [6, 6.07) is 12.4. The number of carbonyl (C=O) groups excluding carboxylic acids is 1. The van der Waals surface area contributed by atoms with E-state index >= 15 is 0 Å². The minimum Gasteiger partial charge on any atom is -0.493 e. The molecule has 0 saturated carbocycles. The zero-order valence-corrected chi connectivity index (χ0v) is 21.9. The van der Waals surface area contributed by atoms with Crippen LogP contribution in [0, 0.1) is 6.92 Å². The third-order valence-corrected chi connectivity index (χ3v) is 7.92. The number of thioether (sulfide) groups is 1. The molecule has 0 radical (unpaired) electrons. The highest BCUT2D eigenvalue weighted by Crippen LogP contribution is 2.27. The van der Waals surface area contributed by atoms with E-state index in [4.69, 9.17) is 9.47 Å². The summed E-state index contributed by atoms with van der Waals surface area (Å²) < 4.78 is 37.9. The lowest BCUT2D eigenvalue weighted by Gasteiger charge is -2.10. The SMILES string of the molecule is CCn1c(CS(=O)(=O)c2ccc(C)cc2)nnc1SCC(=O)NCCc1ccc(OC)c(OC)c1. The molecule has 1 aromatic heterocycles. The van der Waals surface area contributed by atoms with E-state index in [2.05, 4.69) is 15.5 Å².